The lowest BCUT2D eigenvalue weighted by molar-refractivity contribution is -0.149. The number of hydrogen-bond acceptors (Lipinski definition) is 2. The van der Waals surface area contributed by atoms with E-state index in [4.69, 9.17) is 4.74 Å². The van der Waals surface area contributed by atoms with Crippen LogP contribution in [0.3, 0.4) is 0 Å². The lowest BCUT2D eigenvalue weighted by Crippen LogP contribution is -2.18. The summed E-state index contributed by atoms with van der Waals surface area (Å²) < 4.78 is 5.43. The van der Waals surface area contributed by atoms with Gasteiger partial charge in [0.15, 0.2) is 0 Å². The smallest absolute Gasteiger partial charge is 0.308 e. The van der Waals surface area contributed by atoms with Crippen molar-refractivity contribution in [1.29, 1.82) is 0 Å². The summed E-state index contributed by atoms with van der Waals surface area (Å²) in [6.45, 7) is 7.15. The lowest BCUT2D eigenvalue weighted by Gasteiger charge is -2.14. The molecule has 126 valence electrons. The first kappa shape index (κ1) is 20.5. The van der Waals surface area contributed by atoms with Crippen LogP contribution in [0.25, 0.3) is 0 Å². The van der Waals surface area contributed by atoms with Crippen molar-refractivity contribution in [2.75, 3.05) is 6.61 Å². The van der Waals surface area contributed by atoms with Gasteiger partial charge in [0, 0.05) is 0 Å². The lowest BCUT2D eigenvalue weighted by atomic mass is 9.99. The van der Waals surface area contributed by atoms with Crippen LogP contribution in [0, 0.1) is 5.92 Å². The normalized spacial score (nSPS) is 11.0. The highest BCUT2D eigenvalue weighted by Crippen LogP contribution is 2.16. The molecular weight excluding hydrogens is 260 g/mol. The van der Waals surface area contributed by atoms with Gasteiger partial charge in [0.2, 0.25) is 0 Å². The first-order valence-corrected chi connectivity index (χ1v) is 9.42. The maximum atomic E-state index is 11.9. The van der Waals surface area contributed by atoms with Gasteiger partial charge < -0.3 is 4.74 Å². The first-order chi connectivity index (χ1) is 10.3. The van der Waals surface area contributed by atoms with Gasteiger partial charge in [-0.05, 0) is 19.3 Å². The van der Waals surface area contributed by atoms with Crippen LogP contribution in [0.5, 0.6) is 0 Å². The highest BCUT2D eigenvalue weighted by Gasteiger charge is 2.17. The number of ether oxygens (including phenoxy) is 1. The summed E-state index contributed by atoms with van der Waals surface area (Å²) in [5.41, 5.74) is 0. The van der Waals surface area contributed by atoms with Crippen molar-refractivity contribution < 1.29 is 9.53 Å². The minimum Gasteiger partial charge on any atom is -0.465 e. The predicted octanol–water partition coefficient (Wildman–Crippen LogP) is 6.28. The van der Waals surface area contributed by atoms with Gasteiger partial charge in [-0.3, -0.25) is 4.79 Å². The molecule has 0 rings (SSSR count). The van der Waals surface area contributed by atoms with E-state index in [2.05, 4.69) is 20.8 Å². The summed E-state index contributed by atoms with van der Waals surface area (Å²) in [6, 6.07) is 0. The van der Waals surface area contributed by atoms with Crippen molar-refractivity contribution in [2.24, 2.45) is 5.92 Å². The SMILES string of the molecule is CCCCCCCCCCCOC(=O)C(CCC)CCC. The Kier molecular flexibility index (Phi) is 15.5. The molecule has 0 atom stereocenters. The zero-order valence-corrected chi connectivity index (χ0v) is 14.8. The molecule has 0 bridgehead atoms. The third-order valence-electron chi connectivity index (χ3n) is 4.10. The van der Waals surface area contributed by atoms with Gasteiger partial charge in [-0.1, -0.05) is 85.0 Å². The zero-order chi connectivity index (χ0) is 15.8. The number of hydrogen-bond donors (Lipinski definition) is 0. The van der Waals surface area contributed by atoms with E-state index in [0.29, 0.717) is 6.61 Å². The largest absolute Gasteiger partial charge is 0.465 e. The third-order valence-corrected chi connectivity index (χ3v) is 4.10. The van der Waals surface area contributed by atoms with Gasteiger partial charge in [0.05, 0.1) is 12.5 Å². The minimum absolute atomic E-state index is 0.0401. The van der Waals surface area contributed by atoms with Gasteiger partial charge >= 0.3 is 5.97 Å². The van der Waals surface area contributed by atoms with E-state index in [1.807, 2.05) is 0 Å². The van der Waals surface area contributed by atoms with E-state index in [1.165, 1.54) is 51.4 Å². The number of unbranched alkanes of at least 4 members (excludes halogenated alkanes) is 8. The van der Waals surface area contributed by atoms with Crippen molar-refractivity contribution in [3.05, 3.63) is 0 Å². The van der Waals surface area contributed by atoms with E-state index in [1.54, 1.807) is 0 Å². The average molecular weight is 299 g/mol. The van der Waals surface area contributed by atoms with Crippen LogP contribution < -0.4 is 0 Å². The van der Waals surface area contributed by atoms with Crippen LogP contribution in [0.1, 0.15) is 104 Å². The van der Waals surface area contributed by atoms with Crippen LogP contribution in [0.15, 0.2) is 0 Å². The van der Waals surface area contributed by atoms with Crippen molar-refractivity contribution in [2.45, 2.75) is 104 Å². The molecule has 0 saturated heterocycles. The van der Waals surface area contributed by atoms with Crippen LogP contribution in [0.4, 0.5) is 0 Å². The predicted molar refractivity (Wildman–Crippen MR) is 91.5 cm³/mol. The molecule has 0 saturated carbocycles. The molecular formula is C19H38O2. The Bertz CT molecular complexity index is 220. The topological polar surface area (TPSA) is 26.3 Å². The molecule has 0 amide bonds. The molecule has 0 aromatic heterocycles. The molecule has 0 aliphatic carbocycles. The average Bonchev–Trinajstić information content (AvgIpc) is 2.48. The maximum absolute atomic E-state index is 11.9. The fourth-order valence-corrected chi connectivity index (χ4v) is 2.78. The summed E-state index contributed by atoms with van der Waals surface area (Å²) in [7, 11) is 0. The van der Waals surface area contributed by atoms with E-state index in [0.717, 1.165) is 32.1 Å². The highest BCUT2D eigenvalue weighted by molar-refractivity contribution is 5.72. The van der Waals surface area contributed by atoms with Crippen molar-refractivity contribution >= 4 is 5.97 Å². The molecule has 0 radical (unpaired) electrons. The van der Waals surface area contributed by atoms with Crippen molar-refractivity contribution in [3.8, 4) is 0 Å². The van der Waals surface area contributed by atoms with Gasteiger partial charge in [-0.25, -0.2) is 0 Å². The number of rotatable bonds is 15. The molecule has 0 aliphatic heterocycles. The number of carbonyl (C=O) groups excluding carboxylic acids is 1. The van der Waals surface area contributed by atoms with Crippen LogP contribution >= 0.6 is 0 Å². The van der Waals surface area contributed by atoms with Crippen LogP contribution in [0.2, 0.25) is 0 Å². The molecule has 0 spiro atoms. The summed E-state index contributed by atoms with van der Waals surface area (Å²) in [6.07, 6.45) is 15.8. The van der Waals surface area contributed by atoms with Crippen LogP contribution in [-0.2, 0) is 9.53 Å². The summed E-state index contributed by atoms with van der Waals surface area (Å²) >= 11 is 0. The molecule has 0 aliphatic rings. The molecule has 2 heteroatoms. The van der Waals surface area contributed by atoms with E-state index in [9.17, 15) is 4.79 Å². The standard InChI is InChI=1S/C19H38O2/c1-4-7-8-9-10-11-12-13-14-17-21-19(20)18(15-5-2)16-6-3/h18H,4-17H2,1-3H3. The fraction of sp³-hybridized carbons (Fsp3) is 0.947. The van der Waals surface area contributed by atoms with Crippen molar-refractivity contribution in [3.63, 3.8) is 0 Å². The van der Waals surface area contributed by atoms with E-state index in [-0.39, 0.29) is 11.9 Å². The Balaban J connectivity index is 3.42. The van der Waals surface area contributed by atoms with Crippen molar-refractivity contribution in [1.82, 2.24) is 0 Å². The Labute approximate surface area is 133 Å². The second kappa shape index (κ2) is 15.9. The molecule has 2 nitrogen and oxygen atoms in total. The monoisotopic (exact) mass is 298 g/mol. The summed E-state index contributed by atoms with van der Waals surface area (Å²) in [4.78, 5) is 11.9. The first-order valence-electron chi connectivity index (χ1n) is 9.42. The Morgan fingerprint density at radius 1 is 0.714 bits per heavy atom. The summed E-state index contributed by atoms with van der Waals surface area (Å²) in [5, 5.41) is 0. The van der Waals surface area contributed by atoms with Gasteiger partial charge in [0.1, 0.15) is 0 Å². The van der Waals surface area contributed by atoms with Gasteiger partial charge in [-0.2, -0.15) is 0 Å². The van der Waals surface area contributed by atoms with Gasteiger partial charge in [0.25, 0.3) is 0 Å². The Hall–Kier alpha value is -0.530. The highest BCUT2D eigenvalue weighted by atomic mass is 16.5. The molecule has 0 heterocycles. The molecule has 21 heavy (non-hydrogen) atoms. The molecule has 0 aromatic carbocycles. The zero-order valence-electron chi connectivity index (χ0n) is 14.8. The molecule has 0 fully saturated rings. The number of esters is 1. The van der Waals surface area contributed by atoms with E-state index < -0.39 is 0 Å². The quantitative estimate of drug-likeness (QED) is 0.263. The van der Waals surface area contributed by atoms with Gasteiger partial charge in [-0.15, -0.1) is 0 Å². The second-order valence-corrected chi connectivity index (χ2v) is 6.27. The van der Waals surface area contributed by atoms with E-state index >= 15 is 0 Å². The molecule has 0 unspecified atom stereocenters. The fourth-order valence-electron chi connectivity index (χ4n) is 2.78. The third kappa shape index (κ3) is 12.9. The Morgan fingerprint density at radius 3 is 1.67 bits per heavy atom. The maximum Gasteiger partial charge on any atom is 0.308 e. The van der Waals surface area contributed by atoms with Crippen LogP contribution in [-0.4, -0.2) is 12.6 Å². The second-order valence-electron chi connectivity index (χ2n) is 6.27. The minimum atomic E-state index is 0.0401. The molecule has 0 aromatic rings. The Morgan fingerprint density at radius 2 is 1.19 bits per heavy atom. The molecule has 0 N–H and O–H groups in total. The number of carbonyl (C=O) groups is 1. The summed E-state index contributed by atoms with van der Waals surface area (Å²) in [5.74, 6) is 0.178.